The average Bonchev–Trinajstić information content (AvgIpc) is 2.37. The first-order valence-corrected chi connectivity index (χ1v) is 5.26. The molecule has 94 valence electrons. The number of benzene rings is 1. The Kier molecular flexibility index (Phi) is 5.19. The average molecular weight is 248 g/mol. The van der Waals surface area contributed by atoms with Crippen molar-refractivity contribution in [1.29, 1.82) is 5.26 Å². The Labute approximate surface area is 104 Å². The monoisotopic (exact) mass is 248 g/mol. The number of amides is 2. The molecule has 1 aromatic carbocycles. The van der Waals surface area contributed by atoms with Gasteiger partial charge in [-0.05, 0) is 19.1 Å². The Morgan fingerprint density at radius 2 is 2.11 bits per heavy atom. The summed E-state index contributed by atoms with van der Waals surface area (Å²) in [5.41, 5.74) is 0.321. The largest absolute Gasteiger partial charge is 0.482 e. The standard InChI is InChI=1S/C12H12N2O4/c1-2-17-12(16)14-11(15)8-18-10-6-4-3-5-9(10)7-13/h3-6H,2,8H2,1H3,(H,14,15,16). The number of carbonyl (C=O) groups is 2. The molecule has 0 aliphatic carbocycles. The minimum atomic E-state index is -0.820. The van der Waals surface area contributed by atoms with Gasteiger partial charge in [-0.1, -0.05) is 12.1 Å². The second-order valence-electron chi connectivity index (χ2n) is 3.17. The number of ether oxygens (including phenoxy) is 2. The Morgan fingerprint density at radius 1 is 1.39 bits per heavy atom. The molecule has 2 amide bonds. The fraction of sp³-hybridized carbons (Fsp3) is 0.250. The van der Waals surface area contributed by atoms with Crippen molar-refractivity contribution < 1.29 is 19.1 Å². The highest BCUT2D eigenvalue weighted by Crippen LogP contribution is 2.15. The molecule has 0 saturated carbocycles. The van der Waals surface area contributed by atoms with E-state index in [9.17, 15) is 9.59 Å². The number of hydrogen-bond donors (Lipinski definition) is 1. The molecular weight excluding hydrogens is 236 g/mol. The lowest BCUT2D eigenvalue weighted by atomic mass is 10.2. The zero-order valence-corrected chi connectivity index (χ0v) is 9.80. The van der Waals surface area contributed by atoms with E-state index in [4.69, 9.17) is 10.00 Å². The summed E-state index contributed by atoms with van der Waals surface area (Å²) < 4.78 is 9.66. The quantitative estimate of drug-likeness (QED) is 0.865. The number of nitriles is 1. The molecule has 0 radical (unpaired) electrons. The molecule has 0 aliphatic rings. The number of alkyl carbamates (subject to hydrolysis) is 1. The summed E-state index contributed by atoms with van der Waals surface area (Å²) in [5, 5.41) is 10.8. The number of carbonyl (C=O) groups excluding carboxylic acids is 2. The van der Waals surface area contributed by atoms with Crippen molar-refractivity contribution in [3.63, 3.8) is 0 Å². The van der Waals surface area contributed by atoms with Gasteiger partial charge in [0.15, 0.2) is 6.61 Å². The highest BCUT2D eigenvalue weighted by atomic mass is 16.5. The molecule has 0 aromatic heterocycles. The molecule has 0 aliphatic heterocycles. The van der Waals surface area contributed by atoms with Crippen molar-refractivity contribution in [3.05, 3.63) is 29.8 Å². The van der Waals surface area contributed by atoms with E-state index in [0.29, 0.717) is 11.3 Å². The summed E-state index contributed by atoms with van der Waals surface area (Å²) in [5.74, 6) is -0.347. The highest BCUT2D eigenvalue weighted by molar-refractivity contribution is 5.92. The molecule has 0 bridgehead atoms. The minimum Gasteiger partial charge on any atom is -0.482 e. The van der Waals surface area contributed by atoms with Gasteiger partial charge in [-0.2, -0.15) is 5.26 Å². The predicted molar refractivity (Wildman–Crippen MR) is 61.8 cm³/mol. The maximum atomic E-state index is 11.3. The molecule has 0 saturated heterocycles. The fourth-order valence-corrected chi connectivity index (χ4v) is 1.15. The maximum Gasteiger partial charge on any atom is 0.413 e. The first-order chi connectivity index (χ1) is 8.67. The van der Waals surface area contributed by atoms with Gasteiger partial charge >= 0.3 is 6.09 Å². The number of para-hydroxylation sites is 1. The molecule has 0 atom stereocenters. The third kappa shape index (κ3) is 4.14. The van der Waals surface area contributed by atoms with Gasteiger partial charge in [0.05, 0.1) is 12.2 Å². The van der Waals surface area contributed by atoms with Crippen molar-refractivity contribution in [2.45, 2.75) is 6.92 Å². The number of imide groups is 1. The van der Waals surface area contributed by atoms with Crippen LogP contribution >= 0.6 is 0 Å². The van der Waals surface area contributed by atoms with Crippen LogP contribution in [0, 0.1) is 11.3 Å². The summed E-state index contributed by atoms with van der Waals surface area (Å²) in [6, 6.07) is 8.43. The Hall–Kier alpha value is -2.55. The van der Waals surface area contributed by atoms with E-state index < -0.39 is 12.0 Å². The molecule has 0 heterocycles. The van der Waals surface area contributed by atoms with Crippen LogP contribution in [0.3, 0.4) is 0 Å². The van der Waals surface area contributed by atoms with E-state index in [2.05, 4.69) is 4.74 Å². The summed E-state index contributed by atoms with van der Waals surface area (Å²) in [4.78, 5) is 22.2. The van der Waals surface area contributed by atoms with Gasteiger partial charge in [0.2, 0.25) is 0 Å². The van der Waals surface area contributed by atoms with E-state index in [1.165, 1.54) is 0 Å². The molecule has 1 rings (SSSR count). The lowest BCUT2D eigenvalue weighted by Gasteiger charge is -2.07. The zero-order valence-electron chi connectivity index (χ0n) is 9.80. The van der Waals surface area contributed by atoms with Crippen molar-refractivity contribution in [2.75, 3.05) is 13.2 Å². The van der Waals surface area contributed by atoms with Crippen LogP contribution < -0.4 is 10.1 Å². The Morgan fingerprint density at radius 3 is 2.78 bits per heavy atom. The molecule has 18 heavy (non-hydrogen) atoms. The van der Waals surface area contributed by atoms with Crippen LogP contribution in [-0.4, -0.2) is 25.2 Å². The van der Waals surface area contributed by atoms with Gasteiger partial charge < -0.3 is 9.47 Å². The van der Waals surface area contributed by atoms with E-state index in [-0.39, 0.29) is 13.2 Å². The summed E-state index contributed by atoms with van der Waals surface area (Å²) >= 11 is 0. The molecule has 1 N–H and O–H groups in total. The number of hydrogen-bond acceptors (Lipinski definition) is 5. The number of nitrogens with zero attached hydrogens (tertiary/aromatic N) is 1. The van der Waals surface area contributed by atoms with Crippen LogP contribution in [0.1, 0.15) is 12.5 Å². The fourth-order valence-electron chi connectivity index (χ4n) is 1.15. The lowest BCUT2D eigenvalue weighted by Crippen LogP contribution is -2.34. The van der Waals surface area contributed by atoms with Crippen LogP contribution in [0.2, 0.25) is 0 Å². The van der Waals surface area contributed by atoms with Crippen LogP contribution in [-0.2, 0) is 9.53 Å². The second kappa shape index (κ2) is 6.91. The highest BCUT2D eigenvalue weighted by Gasteiger charge is 2.10. The van der Waals surface area contributed by atoms with Crippen LogP contribution in [0.4, 0.5) is 4.79 Å². The lowest BCUT2D eigenvalue weighted by molar-refractivity contribution is -0.122. The smallest absolute Gasteiger partial charge is 0.413 e. The van der Waals surface area contributed by atoms with Crippen LogP contribution in [0.25, 0.3) is 0 Å². The van der Waals surface area contributed by atoms with Crippen LogP contribution in [0.5, 0.6) is 5.75 Å². The van der Waals surface area contributed by atoms with Gasteiger partial charge in [-0.3, -0.25) is 10.1 Å². The van der Waals surface area contributed by atoms with E-state index >= 15 is 0 Å². The van der Waals surface area contributed by atoms with Crippen molar-refractivity contribution >= 4 is 12.0 Å². The number of nitrogens with one attached hydrogen (secondary N) is 1. The summed E-state index contributed by atoms with van der Waals surface area (Å²) in [7, 11) is 0. The third-order valence-electron chi connectivity index (χ3n) is 1.88. The molecule has 6 nitrogen and oxygen atoms in total. The predicted octanol–water partition coefficient (Wildman–Crippen LogP) is 1.21. The second-order valence-corrected chi connectivity index (χ2v) is 3.17. The van der Waals surface area contributed by atoms with E-state index in [1.54, 1.807) is 31.2 Å². The molecule has 0 fully saturated rings. The molecule has 6 heteroatoms. The topological polar surface area (TPSA) is 88.4 Å². The van der Waals surface area contributed by atoms with Gasteiger partial charge in [-0.25, -0.2) is 4.79 Å². The van der Waals surface area contributed by atoms with Gasteiger partial charge in [-0.15, -0.1) is 0 Å². The molecule has 0 spiro atoms. The number of rotatable bonds is 4. The normalized spacial score (nSPS) is 9.11. The SMILES string of the molecule is CCOC(=O)NC(=O)COc1ccccc1C#N. The molecule has 0 unspecified atom stereocenters. The van der Waals surface area contributed by atoms with Crippen molar-refractivity contribution in [3.8, 4) is 11.8 Å². The zero-order chi connectivity index (χ0) is 13.4. The van der Waals surface area contributed by atoms with Gasteiger partial charge in [0.25, 0.3) is 5.91 Å². The van der Waals surface area contributed by atoms with E-state index in [1.807, 2.05) is 11.4 Å². The Bertz CT molecular complexity index is 479. The summed E-state index contributed by atoms with van der Waals surface area (Å²) in [6.45, 7) is 1.44. The molecule has 1 aromatic rings. The van der Waals surface area contributed by atoms with Crippen LogP contribution in [0.15, 0.2) is 24.3 Å². The third-order valence-corrected chi connectivity index (χ3v) is 1.88. The maximum absolute atomic E-state index is 11.3. The van der Waals surface area contributed by atoms with E-state index in [0.717, 1.165) is 0 Å². The Balaban J connectivity index is 2.48. The van der Waals surface area contributed by atoms with Gasteiger partial charge in [0, 0.05) is 0 Å². The first-order valence-electron chi connectivity index (χ1n) is 5.26. The van der Waals surface area contributed by atoms with Crippen molar-refractivity contribution in [2.24, 2.45) is 0 Å². The first kappa shape index (κ1) is 13.5. The summed E-state index contributed by atoms with van der Waals surface area (Å²) in [6.07, 6.45) is -0.820. The minimum absolute atomic E-state index is 0.178. The molecular formula is C12H12N2O4. The van der Waals surface area contributed by atoms with Gasteiger partial charge in [0.1, 0.15) is 11.8 Å². The van der Waals surface area contributed by atoms with Crippen molar-refractivity contribution in [1.82, 2.24) is 5.32 Å².